The van der Waals surface area contributed by atoms with Crippen molar-refractivity contribution in [3.63, 3.8) is 0 Å². The van der Waals surface area contributed by atoms with Crippen molar-refractivity contribution < 1.29 is 4.74 Å². The highest BCUT2D eigenvalue weighted by molar-refractivity contribution is 5.33. The molecule has 0 aromatic heterocycles. The molecule has 0 amide bonds. The quantitative estimate of drug-likeness (QED) is 0.921. The summed E-state index contributed by atoms with van der Waals surface area (Å²) in [5.74, 6) is 1.92. The van der Waals surface area contributed by atoms with Crippen molar-refractivity contribution in [1.82, 2.24) is 10.2 Å². The van der Waals surface area contributed by atoms with Gasteiger partial charge in [0.05, 0.1) is 0 Å². The maximum atomic E-state index is 5.88. The van der Waals surface area contributed by atoms with Crippen molar-refractivity contribution >= 4 is 0 Å². The zero-order valence-corrected chi connectivity index (χ0v) is 13.2. The maximum absolute atomic E-state index is 5.88. The summed E-state index contributed by atoms with van der Waals surface area (Å²) in [4.78, 5) is 2.56. The van der Waals surface area contributed by atoms with Gasteiger partial charge < -0.3 is 10.1 Å². The van der Waals surface area contributed by atoms with Gasteiger partial charge in [0.2, 0.25) is 0 Å². The van der Waals surface area contributed by atoms with Crippen LogP contribution in [-0.2, 0) is 6.54 Å². The lowest BCUT2D eigenvalue weighted by Crippen LogP contribution is -2.45. The van der Waals surface area contributed by atoms with Crippen LogP contribution in [0.2, 0.25) is 0 Å². The Morgan fingerprint density at radius 3 is 2.86 bits per heavy atom. The Kier molecular flexibility index (Phi) is 5.15. The second-order valence-electron chi connectivity index (χ2n) is 6.48. The SMILES string of the molecule is CNC(CN1CCOc2ccccc2C1)C1CCCCC1. The first kappa shape index (κ1) is 14.9. The summed E-state index contributed by atoms with van der Waals surface area (Å²) < 4.78 is 5.88. The van der Waals surface area contributed by atoms with Crippen molar-refractivity contribution in [3.05, 3.63) is 29.8 Å². The molecule has 1 aromatic rings. The van der Waals surface area contributed by atoms with E-state index in [0.717, 1.165) is 37.9 Å². The molecule has 21 heavy (non-hydrogen) atoms. The molecular formula is C18H28N2O. The Labute approximate surface area is 128 Å². The molecule has 3 nitrogen and oxygen atoms in total. The highest BCUT2D eigenvalue weighted by atomic mass is 16.5. The molecule has 1 saturated carbocycles. The first-order chi connectivity index (χ1) is 10.4. The van der Waals surface area contributed by atoms with Gasteiger partial charge in [-0.15, -0.1) is 0 Å². The van der Waals surface area contributed by atoms with Gasteiger partial charge in [-0.1, -0.05) is 37.5 Å². The lowest BCUT2D eigenvalue weighted by molar-refractivity contribution is 0.171. The molecule has 1 unspecified atom stereocenters. The number of nitrogens with one attached hydrogen (secondary N) is 1. The number of fused-ring (bicyclic) bond motifs is 1. The van der Waals surface area contributed by atoms with Crippen LogP contribution in [0.25, 0.3) is 0 Å². The van der Waals surface area contributed by atoms with Gasteiger partial charge in [0, 0.05) is 31.2 Å². The maximum Gasteiger partial charge on any atom is 0.123 e. The van der Waals surface area contributed by atoms with E-state index >= 15 is 0 Å². The number of benzene rings is 1. The van der Waals surface area contributed by atoms with Crippen molar-refractivity contribution in [1.29, 1.82) is 0 Å². The van der Waals surface area contributed by atoms with Gasteiger partial charge in [-0.3, -0.25) is 4.90 Å². The fraction of sp³-hybridized carbons (Fsp3) is 0.667. The molecule has 1 fully saturated rings. The van der Waals surface area contributed by atoms with Crippen LogP contribution in [-0.4, -0.2) is 37.7 Å². The number of para-hydroxylation sites is 1. The van der Waals surface area contributed by atoms with Crippen LogP contribution < -0.4 is 10.1 Å². The van der Waals surface area contributed by atoms with Gasteiger partial charge in [0.25, 0.3) is 0 Å². The van der Waals surface area contributed by atoms with Crippen molar-refractivity contribution in [3.8, 4) is 5.75 Å². The van der Waals surface area contributed by atoms with E-state index in [1.807, 2.05) is 0 Å². The van der Waals surface area contributed by atoms with E-state index in [1.54, 1.807) is 0 Å². The van der Waals surface area contributed by atoms with E-state index in [-0.39, 0.29) is 0 Å². The van der Waals surface area contributed by atoms with Gasteiger partial charge in [0.15, 0.2) is 0 Å². The largest absolute Gasteiger partial charge is 0.492 e. The third-order valence-corrected chi connectivity index (χ3v) is 5.08. The van der Waals surface area contributed by atoms with Crippen LogP contribution in [0.4, 0.5) is 0 Å². The normalized spacial score (nSPS) is 22.1. The highest BCUT2D eigenvalue weighted by Gasteiger charge is 2.25. The Bertz CT molecular complexity index is 443. The zero-order valence-electron chi connectivity index (χ0n) is 13.2. The van der Waals surface area contributed by atoms with E-state index in [4.69, 9.17) is 4.74 Å². The van der Waals surface area contributed by atoms with Gasteiger partial charge in [-0.05, 0) is 31.9 Å². The summed E-state index contributed by atoms with van der Waals surface area (Å²) in [5.41, 5.74) is 1.33. The van der Waals surface area contributed by atoms with Crippen molar-refractivity contribution in [2.24, 2.45) is 5.92 Å². The minimum atomic E-state index is 0.621. The highest BCUT2D eigenvalue weighted by Crippen LogP contribution is 2.28. The molecule has 1 aliphatic carbocycles. The third-order valence-electron chi connectivity index (χ3n) is 5.08. The summed E-state index contributed by atoms with van der Waals surface area (Å²) in [6, 6.07) is 9.09. The minimum absolute atomic E-state index is 0.621. The van der Waals surface area contributed by atoms with Crippen LogP contribution >= 0.6 is 0 Å². The predicted molar refractivity (Wildman–Crippen MR) is 86.6 cm³/mol. The molecular weight excluding hydrogens is 260 g/mol. The summed E-state index contributed by atoms with van der Waals surface area (Å²) in [7, 11) is 2.13. The molecule has 0 radical (unpaired) electrons. The molecule has 0 spiro atoms. The number of rotatable bonds is 4. The lowest BCUT2D eigenvalue weighted by Gasteiger charge is -2.33. The molecule has 116 valence electrons. The van der Waals surface area contributed by atoms with Crippen LogP contribution in [0.15, 0.2) is 24.3 Å². The summed E-state index contributed by atoms with van der Waals surface area (Å²) in [6.45, 7) is 3.98. The smallest absolute Gasteiger partial charge is 0.123 e. The molecule has 1 aromatic carbocycles. The van der Waals surface area contributed by atoms with Gasteiger partial charge in [-0.25, -0.2) is 0 Å². The van der Waals surface area contributed by atoms with Gasteiger partial charge in [0.1, 0.15) is 12.4 Å². The lowest BCUT2D eigenvalue weighted by atomic mass is 9.83. The summed E-state index contributed by atoms with van der Waals surface area (Å²) >= 11 is 0. The second kappa shape index (κ2) is 7.28. The summed E-state index contributed by atoms with van der Waals surface area (Å²) in [5, 5.41) is 3.58. The van der Waals surface area contributed by atoms with Crippen molar-refractivity contribution in [2.75, 3.05) is 26.7 Å². The van der Waals surface area contributed by atoms with E-state index in [1.165, 1.54) is 37.7 Å². The molecule has 1 N–H and O–H groups in total. The molecule has 3 heteroatoms. The molecule has 0 saturated heterocycles. The average Bonchev–Trinajstić information content (AvgIpc) is 2.75. The van der Waals surface area contributed by atoms with E-state index in [0.29, 0.717) is 6.04 Å². The van der Waals surface area contributed by atoms with Crippen LogP contribution in [0.3, 0.4) is 0 Å². The van der Waals surface area contributed by atoms with Gasteiger partial charge in [-0.2, -0.15) is 0 Å². The molecule has 2 aliphatic rings. The fourth-order valence-electron chi connectivity index (χ4n) is 3.83. The fourth-order valence-corrected chi connectivity index (χ4v) is 3.83. The third kappa shape index (κ3) is 3.78. The standard InChI is InChI=1S/C18H28N2O/c1-19-17(15-7-3-2-4-8-15)14-20-11-12-21-18-10-6-5-9-16(18)13-20/h5-6,9-10,15,17,19H,2-4,7-8,11-14H2,1H3. The second-order valence-corrected chi connectivity index (χ2v) is 6.48. The first-order valence-electron chi connectivity index (χ1n) is 8.47. The monoisotopic (exact) mass is 288 g/mol. The first-order valence-corrected chi connectivity index (χ1v) is 8.47. The number of nitrogens with zero attached hydrogens (tertiary/aromatic N) is 1. The van der Waals surface area contributed by atoms with E-state index in [2.05, 4.69) is 41.5 Å². The van der Waals surface area contributed by atoms with E-state index in [9.17, 15) is 0 Å². The summed E-state index contributed by atoms with van der Waals surface area (Å²) in [6.07, 6.45) is 7.04. The predicted octanol–water partition coefficient (Wildman–Crippen LogP) is 3.05. The molecule has 1 atom stereocenters. The van der Waals surface area contributed by atoms with Crippen LogP contribution in [0, 0.1) is 5.92 Å². The number of ether oxygens (including phenoxy) is 1. The zero-order chi connectivity index (χ0) is 14.5. The number of hydrogen-bond acceptors (Lipinski definition) is 3. The van der Waals surface area contributed by atoms with Crippen LogP contribution in [0.5, 0.6) is 5.75 Å². The Hall–Kier alpha value is -1.06. The van der Waals surface area contributed by atoms with Crippen LogP contribution in [0.1, 0.15) is 37.7 Å². The average molecular weight is 288 g/mol. The topological polar surface area (TPSA) is 24.5 Å². The Morgan fingerprint density at radius 1 is 1.24 bits per heavy atom. The van der Waals surface area contributed by atoms with E-state index < -0.39 is 0 Å². The molecule has 1 heterocycles. The Balaban J connectivity index is 1.63. The van der Waals surface area contributed by atoms with Crippen molar-refractivity contribution in [2.45, 2.75) is 44.7 Å². The van der Waals surface area contributed by atoms with Gasteiger partial charge >= 0.3 is 0 Å². The Morgan fingerprint density at radius 2 is 2.05 bits per heavy atom. The number of likely N-dealkylation sites (N-methyl/N-ethyl adjacent to an activating group) is 1. The molecule has 1 aliphatic heterocycles. The number of hydrogen-bond donors (Lipinski definition) is 1. The molecule has 3 rings (SSSR count). The minimum Gasteiger partial charge on any atom is -0.492 e. The molecule has 0 bridgehead atoms.